The first-order valence-corrected chi connectivity index (χ1v) is 7.59. The quantitative estimate of drug-likeness (QED) is 0.694. The van der Waals surface area contributed by atoms with Gasteiger partial charge in [0.25, 0.3) is 0 Å². The highest BCUT2D eigenvalue weighted by Gasteiger charge is 2.32. The van der Waals surface area contributed by atoms with Crippen LogP contribution in [-0.4, -0.2) is 61.6 Å². The lowest BCUT2D eigenvalue weighted by Crippen LogP contribution is -2.60. The Kier molecular flexibility index (Phi) is 6.61. The summed E-state index contributed by atoms with van der Waals surface area (Å²) in [6.45, 7) is 11.1. The number of hydrogen-bond acceptors (Lipinski definition) is 5. The molecule has 0 aromatic heterocycles. The first kappa shape index (κ1) is 17.9. The minimum atomic E-state index is -0.562. The number of carbonyl (C=O) groups excluding carboxylic acids is 2. The van der Waals surface area contributed by atoms with Crippen molar-refractivity contribution < 1.29 is 14.3 Å². The summed E-state index contributed by atoms with van der Waals surface area (Å²) in [6, 6.07) is -0.562. The van der Waals surface area contributed by atoms with Gasteiger partial charge in [0.1, 0.15) is 6.04 Å². The molecule has 6 nitrogen and oxygen atoms in total. The van der Waals surface area contributed by atoms with Crippen molar-refractivity contribution in [3.63, 3.8) is 0 Å². The zero-order valence-electron chi connectivity index (χ0n) is 13.9. The number of nitrogens with zero attached hydrogens (tertiary/aromatic N) is 1. The lowest BCUT2D eigenvalue weighted by atomic mass is 10.00. The van der Waals surface area contributed by atoms with Crippen molar-refractivity contribution in [2.24, 2.45) is 5.92 Å². The fourth-order valence-corrected chi connectivity index (χ4v) is 2.56. The Balaban J connectivity index is 2.58. The molecule has 2 N–H and O–H groups in total. The maximum Gasteiger partial charge on any atom is 0.328 e. The number of esters is 1. The number of carbonyl (C=O) groups is 2. The summed E-state index contributed by atoms with van der Waals surface area (Å²) in [5, 5.41) is 6.13. The molecule has 1 rings (SSSR count). The van der Waals surface area contributed by atoms with E-state index in [2.05, 4.69) is 29.4 Å². The molecule has 21 heavy (non-hydrogen) atoms. The molecule has 122 valence electrons. The lowest BCUT2D eigenvalue weighted by Gasteiger charge is -2.42. The van der Waals surface area contributed by atoms with Gasteiger partial charge in [-0.1, -0.05) is 13.8 Å². The fraction of sp³-hybridized carbons (Fsp3) is 0.867. The molecule has 1 saturated heterocycles. The molecule has 1 unspecified atom stereocenters. The van der Waals surface area contributed by atoms with E-state index in [1.54, 1.807) is 0 Å². The predicted octanol–water partition coefficient (Wildman–Crippen LogP) is 0.374. The summed E-state index contributed by atoms with van der Waals surface area (Å²) >= 11 is 0. The van der Waals surface area contributed by atoms with Gasteiger partial charge in [0.05, 0.1) is 13.7 Å². The van der Waals surface area contributed by atoms with E-state index < -0.39 is 6.04 Å². The van der Waals surface area contributed by atoms with Gasteiger partial charge in [0.15, 0.2) is 0 Å². The van der Waals surface area contributed by atoms with Gasteiger partial charge in [-0.3, -0.25) is 9.69 Å². The van der Waals surface area contributed by atoms with Crippen LogP contribution in [0.2, 0.25) is 0 Å². The van der Waals surface area contributed by atoms with Crippen LogP contribution >= 0.6 is 0 Å². The highest BCUT2D eigenvalue weighted by atomic mass is 16.5. The Labute approximate surface area is 127 Å². The smallest absolute Gasteiger partial charge is 0.328 e. The summed E-state index contributed by atoms with van der Waals surface area (Å²) in [5.41, 5.74) is -0.0611. The standard InChI is InChI=1S/C15H29N3O3/c1-11(2)8-12(14(20)21-5)17-13(19)9-18-7-6-16-10-15(18,3)4/h11-12,16H,6-10H2,1-5H3,(H,17,19). The summed E-state index contributed by atoms with van der Waals surface area (Å²) in [5.74, 6) is -0.192. The van der Waals surface area contributed by atoms with Crippen LogP contribution in [0.1, 0.15) is 34.1 Å². The molecule has 0 aromatic carbocycles. The maximum absolute atomic E-state index is 12.2. The zero-order chi connectivity index (χ0) is 16.0. The van der Waals surface area contributed by atoms with E-state index in [1.807, 2.05) is 13.8 Å². The molecule has 1 heterocycles. The summed E-state index contributed by atoms with van der Waals surface area (Å²) in [6.07, 6.45) is 0.587. The highest BCUT2D eigenvalue weighted by molar-refractivity contribution is 5.85. The Bertz CT molecular complexity index is 369. The molecule has 1 fully saturated rings. The molecule has 0 bridgehead atoms. The Morgan fingerprint density at radius 3 is 2.57 bits per heavy atom. The van der Waals surface area contributed by atoms with E-state index in [9.17, 15) is 9.59 Å². The van der Waals surface area contributed by atoms with E-state index in [-0.39, 0.29) is 17.4 Å². The Hall–Kier alpha value is -1.14. The molecule has 0 spiro atoms. The van der Waals surface area contributed by atoms with Crippen LogP contribution in [0, 0.1) is 5.92 Å². The molecule has 0 aromatic rings. The topological polar surface area (TPSA) is 70.7 Å². The number of methoxy groups -OCH3 is 1. The molecule has 0 saturated carbocycles. The first-order valence-electron chi connectivity index (χ1n) is 7.59. The number of amides is 1. The van der Waals surface area contributed by atoms with Crippen molar-refractivity contribution in [1.29, 1.82) is 0 Å². The maximum atomic E-state index is 12.2. The third-order valence-corrected chi connectivity index (χ3v) is 3.83. The first-order chi connectivity index (χ1) is 9.76. The van der Waals surface area contributed by atoms with Gasteiger partial charge in [-0.2, -0.15) is 0 Å². The number of hydrogen-bond donors (Lipinski definition) is 2. The van der Waals surface area contributed by atoms with Gasteiger partial charge < -0.3 is 15.4 Å². The van der Waals surface area contributed by atoms with Crippen LogP contribution in [0.25, 0.3) is 0 Å². The largest absolute Gasteiger partial charge is 0.467 e. The molecule has 1 atom stereocenters. The number of rotatable bonds is 6. The molecule has 1 amide bonds. The van der Waals surface area contributed by atoms with E-state index in [0.29, 0.717) is 18.9 Å². The van der Waals surface area contributed by atoms with Gasteiger partial charge in [-0.05, 0) is 26.2 Å². The molecular weight excluding hydrogens is 270 g/mol. The van der Waals surface area contributed by atoms with Crippen molar-refractivity contribution in [3.05, 3.63) is 0 Å². The predicted molar refractivity (Wildman–Crippen MR) is 81.9 cm³/mol. The van der Waals surface area contributed by atoms with Crippen LogP contribution in [0.4, 0.5) is 0 Å². The average molecular weight is 299 g/mol. The molecule has 1 aliphatic heterocycles. The molecule has 0 radical (unpaired) electrons. The van der Waals surface area contributed by atoms with Gasteiger partial charge >= 0.3 is 5.97 Å². The minimum Gasteiger partial charge on any atom is -0.467 e. The number of piperazine rings is 1. The van der Waals surface area contributed by atoms with E-state index in [0.717, 1.165) is 19.6 Å². The minimum absolute atomic E-state index is 0.0611. The molecule has 0 aliphatic carbocycles. The number of ether oxygens (including phenoxy) is 1. The summed E-state index contributed by atoms with van der Waals surface area (Å²) in [7, 11) is 1.35. The van der Waals surface area contributed by atoms with Crippen LogP contribution < -0.4 is 10.6 Å². The lowest BCUT2D eigenvalue weighted by molar-refractivity contribution is -0.145. The normalized spacial score (nSPS) is 20.1. The third kappa shape index (κ3) is 5.63. The van der Waals surface area contributed by atoms with Crippen molar-refractivity contribution in [2.75, 3.05) is 33.3 Å². The highest BCUT2D eigenvalue weighted by Crippen LogP contribution is 2.15. The summed E-state index contributed by atoms with van der Waals surface area (Å²) < 4.78 is 4.77. The average Bonchev–Trinajstić information content (AvgIpc) is 2.39. The van der Waals surface area contributed by atoms with Crippen molar-refractivity contribution >= 4 is 11.9 Å². The SMILES string of the molecule is COC(=O)C(CC(C)C)NC(=O)CN1CCNCC1(C)C. The van der Waals surface area contributed by atoms with E-state index >= 15 is 0 Å². The van der Waals surface area contributed by atoms with E-state index in [4.69, 9.17) is 4.74 Å². The second-order valence-electron chi connectivity index (χ2n) is 6.68. The molecule has 1 aliphatic rings. The van der Waals surface area contributed by atoms with Gasteiger partial charge in [0.2, 0.25) is 5.91 Å². The van der Waals surface area contributed by atoms with Crippen LogP contribution in [0.15, 0.2) is 0 Å². The molecule has 6 heteroatoms. The van der Waals surface area contributed by atoms with Crippen molar-refractivity contribution in [2.45, 2.75) is 45.7 Å². The zero-order valence-corrected chi connectivity index (χ0v) is 13.9. The van der Waals surface area contributed by atoms with Gasteiger partial charge in [0, 0.05) is 25.2 Å². The van der Waals surface area contributed by atoms with Gasteiger partial charge in [-0.15, -0.1) is 0 Å². The van der Waals surface area contributed by atoms with E-state index in [1.165, 1.54) is 7.11 Å². The van der Waals surface area contributed by atoms with Crippen LogP contribution in [0.3, 0.4) is 0 Å². The van der Waals surface area contributed by atoms with Gasteiger partial charge in [-0.25, -0.2) is 4.79 Å². The van der Waals surface area contributed by atoms with Crippen molar-refractivity contribution in [3.8, 4) is 0 Å². The second kappa shape index (κ2) is 7.75. The van der Waals surface area contributed by atoms with Crippen LogP contribution in [-0.2, 0) is 14.3 Å². The molecular formula is C15H29N3O3. The second-order valence-corrected chi connectivity index (χ2v) is 6.68. The Morgan fingerprint density at radius 2 is 2.05 bits per heavy atom. The van der Waals surface area contributed by atoms with Crippen molar-refractivity contribution in [1.82, 2.24) is 15.5 Å². The monoisotopic (exact) mass is 299 g/mol. The number of nitrogens with one attached hydrogen (secondary N) is 2. The van der Waals surface area contributed by atoms with Crippen LogP contribution in [0.5, 0.6) is 0 Å². The summed E-state index contributed by atoms with van der Waals surface area (Å²) in [4.78, 5) is 26.1. The fourth-order valence-electron chi connectivity index (χ4n) is 2.56. The third-order valence-electron chi connectivity index (χ3n) is 3.83. The Morgan fingerprint density at radius 1 is 1.38 bits per heavy atom.